The number of nitrogens with two attached hydrogens (primary N) is 1. The van der Waals surface area contributed by atoms with Gasteiger partial charge in [-0.05, 0) is 18.2 Å². The van der Waals surface area contributed by atoms with Gasteiger partial charge in [0.05, 0.1) is 17.8 Å². The molecule has 0 saturated carbocycles. The van der Waals surface area contributed by atoms with Crippen molar-refractivity contribution in [1.82, 2.24) is 10.5 Å². The highest BCUT2D eigenvalue weighted by Gasteiger charge is 2.34. The smallest absolute Gasteiger partial charge is 0.364 e. The van der Waals surface area contributed by atoms with E-state index in [1.54, 1.807) is 0 Å². The Morgan fingerprint density at radius 3 is 2.67 bits per heavy atom. The minimum absolute atomic E-state index is 0.0492. The minimum atomic E-state index is -4.62. The van der Waals surface area contributed by atoms with Crippen LogP contribution in [-0.4, -0.2) is 11.1 Å². The fourth-order valence-electron chi connectivity index (χ4n) is 1.65. The van der Waals surface area contributed by atoms with E-state index in [1.165, 1.54) is 18.4 Å². The van der Waals surface area contributed by atoms with Crippen LogP contribution in [0.15, 0.2) is 35.1 Å². The minimum Gasteiger partial charge on any atom is -0.364 e. The van der Waals surface area contributed by atoms with Gasteiger partial charge in [-0.1, -0.05) is 5.16 Å². The molecule has 0 aliphatic carbocycles. The number of alkyl halides is 3. The third-order valence-corrected chi connectivity index (χ3v) is 2.66. The number of nitrogens with one attached hydrogen (secondary N) is 2. The van der Waals surface area contributed by atoms with E-state index in [2.05, 4.69) is 15.0 Å². The summed E-state index contributed by atoms with van der Waals surface area (Å²) in [5.41, 5.74) is 0.948. The number of carbonyl (C=O) groups excluding carboxylic acids is 1. The number of halogens is 3. The van der Waals surface area contributed by atoms with E-state index in [1.807, 2.05) is 5.43 Å². The first-order chi connectivity index (χ1) is 9.91. The summed E-state index contributed by atoms with van der Waals surface area (Å²) in [7, 11) is 0. The quantitative estimate of drug-likeness (QED) is 0.592. The van der Waals surface area contributed by atoms with E-state index >= 15 is 0 Å². The molecular weight excluding hydrogens is 289 g/mol. The predicted octanol–water partition coefficient (Wildman–Crippen LogP) is 1.91. The first kappa shape index (κ1) is 14.9. The summed E-state index contributed by atoms with van der Waals surface area (Å²) < 4.78 is 43.1. The Morgan fingerprint density at radius 2 is 2.10 bits per heavy atom. The molecule has 2 aromatic rings. The fraction of sp³-hybridized carbons (Fsp3) is 0.167. The molecule has 0 radical (unpaired) electrons. The molecule has 1 heterocycles. The number of benzene rings is 1. The summed E-state index contributed by atoms with van der Waals surface area (Å²) in [5.74, 6) is 4.37. The lowest BCUT2D eigenvalue weighted by molar-refractivity contribution is -0.137. The van der Waals surface area contributed by atoms with Crippen molar-refractivity contribution in [3.05, 3.63) is 47.3 Å². The second kappa shape index (κ2) is 5.83. The molecule has 112 valence electrons. The summed E-state index contributed by atoms with van der Waals surface area (Å²) >= 11 is 0. The number of nitrogen functional groups attached to an aromatic ring is 1. The number of amides is 1. The van der Waals surface area contributed by atoms with E-state index in [-0.39, 0.29) is 17.8 Å². The number of hydrogen-bond donors (Lipinski definition) is 3. The number of aromatic nitrogens is 1. The summed E-state index contributed by atoms with van der Waals surface area (Å²) in [6.07, 6.45) is -3.30. The SMILES string of the molecule is NNc1ccc(C(=O)NCc2ccon2)cc1C(F)(F)F. The molecule has 1 aromatic carbocycles. The summed E-state index contributed by atoms with van der Waals surface area (Å²) in [4.78, 5) is 11.8. The Labute approximate surface area is 117 Å². The Kier molecular flexibility index (Phi) is 4.13. The zero-order valence-corrected chi connectivity index (χ0v) is 10.6. The summed E-state index contributed by atoms with van der Waals surface area (Å²) in [6.45, 7) is 0.0492. The monoisotopic (exact) mass is 300 g/mol. The van der Waals surface area contributed by atoms with Gasteiger partial charge in [0, 0.05) is 11.6 Å². The third-order valence-electron chi connectivity index (χ3n) is 2.66. The van der Waals surface area contributed by atoms with Gasteiger partial charge in [-0.3, -0.25) is 10.6 Å². The average Bonchev–Trinajstić information content (AvgIpc) is 2.96. The van der Waals surface area contributed by atoms with Gasteiger partial charge in [-0.25, -0.2) is 0 Å². The lowest BCUT2D eigenvalue weighted by Crippen LogP contribution is -2.24. The second-order valence-corrected chi connectivity index (χ2v) is 4.08. The van der Waals surface area contributed by atoms with Crippen molar-refractivity contribution >= 4 is 11.6 Å². The molecule has 1 aromatic heterocycles. The van der Waals surface area contributed by atoms with Crippen LogP contribution in [0.1, 0.15) is 21.6 Å². The van der Waals surface area contributed by atoms with Gasteiger partial charge in [-0.15, -0.1) is 0 Å². The first-order valence-electron chi connectivity index (χ1n) is 5.77. The lowest BCUT2D eigenvalue weighted by Gasteiger charge is -2.13. The molecular formula is C12H11F3N4O2. The molecule has 6 nitrogen and oxygen atoms in total. The van der Waals surface area contributed by atoms with Gasteiger partial charge < -0.3 is 15.3 Å². The van der Waals surface area contributed by atoms with Crippen LogP contribution in [0.4, 0.5) is 18.9 Å². The molecule has 0 saturated heterocycles. The van der Waals surface area contributed by atoms with Crippen LogP contribution in [0.5, 0.6) is 0 Å². The van der Waals surface area contributed by atoms with Crippen LogP contribution in [0.25, 0.3) is 0 Å². The fourth-order valence-corrected chi connectivity index (χ4v) is 1.65. The van der Waals surface area contributed by atoms with E-state index in [0.717, 1.165) is 12.1 Å². The van der Waals surface area contributed by atoms with Gasteiger partial charge >= 0.3 is 6.18 Å². The molecule has 0 fully saturated rings. The van der Waals surface area contributed by atoms with Crippen molar-refractivity contribution in [1.29, 1.82) is 0 Å². The van der Waals surface area contributed by atoms with Crippen molar-refractivity contribution in [2.24, 2.45) is 5.84 Å². The molecule has 0 aliphatic rings. The molecule has 2 rings (SSSR count). The second-order valence-electron chi connectivity index (χ2n) is 4.08. The number of rotatable bonds is 4. The molecule has 0 atom stereocenters. The van der Waals surface area contributed by atoms with Crippen molar-refractivity contribution in [2.75, 3.05) is 5.43 Å². The molecule has 0 unspecified atom stereocenters. The molecule has 0 aliphatic heterocycles. The molecule has 4 N–H and O–H groups in total. The van der Waals surface area contributed by atoms with Crippen LogP contribution in [0.2, 0.25) is 0 Å². The van der Waals surface area contributed by atoms with Gasteiger partial charge in [0.1, 0.15) is 12.0 Å². The highest BCUT2D eigenvalue weighted by atomic mass is 19.4. The normalized spacial score (nSPS) is 11.2. The Morgan fingerprint density at radius 1 is 1.33 bits per heavy atom. The van der Waals surface area contributed by atoms with Gasteiger partial charge in [-0.2, -0.15) is 13.2 Å². The highest BCUT2D eigenvalue weighted by Crippen LogP contribution is 2.35. The average molecular weight is 300 g/mol. The molecule has 21 heavy (non-hydrogen) atoms. The van der Waals surface area contributed by atoms with E-state index < -0.39 is 17.6 Å². The van der Waals surface area contributed by atoms with Crippen LogP contribution >= 0.6 is 0 Å². The molecule has 9 heteroatoms. The maximum atomic E-state index is 12.8. The number of nitrogens with zero attached hydrogens (tertiary/aromatic N) is 1. The van der Waals surface area contributed by atoms with Crippen molar-refractivity contribution < 1.29 is 22.5 Å². The first-order valence-corrected chi connectivity index (χ1v) is 5.77. The molecule has 1 amide bonds. The standard InChI is InChI=1S/C12H11F3N4O2/c13-12(14,15)9-5-7(1-2-10(9)18-16)11(20)17-6-8-3-4-21-19-8/h1-5,18H,6,16H2,(H,17,20). The Balaban J connectivity index is 2.17. The Bertz CT molecular complexity index is 626. The number of hydrogen-bond acceptors (Lipinski definition) is 5. The van der Waals surface area contributed by atoms with Crippen LogP contribution < -0.4 is 16.6 Å². The van der Waals surface area contributed by atoms with E-state index in [9.17, 15) is 18.0 Å². The van der Waals surface area contributed by atoms with Gasteiger partial charge in [0.25, 0.3) is 5.91 Å². The van der Waals surface area contributed by atoms with Crippen molar-refractivity contribution in [3.8, 4) is 0 Å². The van der Waals surface area contributed by atoms with Gasteiger partial charge in [0.15, 0.2) is 0 Å². The zero-order valence-electron chi connectivity index (χ0n) is 10.6. The number of hydrazine groups is 1. The zero-order chi connectivity index (χ0) is 15.5. The van der Waals surface area contributed by atoms with Crippen molar-refractivity contribution in [3.63, 3.8) is 0 Å². The maximum Gasteiger partial charge on any atom is 0.418 e. The van der Waals surface area contributed by atoms with Gasteiger partial charge in [0.2, 0.25) is 0 Å². The van der Waals surface area contributed by atoms with Crippen LogP contribution in [0, 0.1) is 0 Å². The Hall–Kier alpha value is -2.55. The maximum absolute atomic E-state index is 12.8. The molecule has 0 bridgehead atoms. The van der Waals surface area contributed by atoms with Crippen molar-refractivity contribution in [2.45, 2.75) is 12.7 Å². The summed E-state index contributed by atoms with van der Waals surface area (Å²) in [6, 6.07) is 4.59. The summed E-state index contributed by atoms with van der Waals surface area (Å²) in [5, 5.41) is 6.01. The number of anilines is 1. The third kappa shape index (κ3) is 3.51. The van der Waals surface area contributed by atoms with E-state index in [0.29, 0.717) is 5.69 Å². The topological polar surface area (TPSA) is 93.2 Å². The predicted molar refractivity (Wildman–Crippen MR) is 66.9 cm³/mol. The number of carbonyl (C=O) groups is 1. The highest BCUT2D eigenvalue weighted by molar-refractivity contribution is 5.94. The largest absolute Gasteiger partial charge is 0.418 e. The lowest BCUT2D eigenvalue weighted by atomic mass is 10.1. The van der Waals surface area contributed by atoms with Crippen LogP contribution in [0.3, 0.4) is 0 Å². The van der Waals surface area contributed by atoms with Crippen LogP contribution in [-0.2, 0) is 12.7 Å². The van der Waals surface area contributed by atoms with E-state index in [4.69, 9.17) is 5.84 Å². The molecule has 0 spiro atoms.